The molecule has 100 valence electrons. The van der Waals surface area contributed by atoms with Crippen LogP contribution in [-0.2, 0) is 11.2 Å². The van der Waals surface area contributed by atoms with E-state index in [2.05, 4.69) is 22.0 Å². The van der Waals surface area contributed by atoms with Crippen LogP contribution >= 0.6 is 15.9 Å². The molecule has 0 aliphatic carbocycles. The van der Waals surface area contributed by atoms with E-state index in [-0.39, 0.29) is 0 Å². The Morgan fingerprint density at radius 3 is 3.06 bits per heavy atom. The summed E-state index contributed by atoms with van der Waals surface area (Å²) in [5, 5.41) is 0. The van der Waals surface area contributed by atoms with Gasteiger partial charge in [0.1, 0.15) is 5.75 Å². The first-order valence-corrected chi connectivity index (χ1v) is 7.32. The van der Waals surface area contributed by atoms with E-state index in [0.717, 1.165) is 36.1 Å². The zero-order valence-corrected chi connectivity index (χ0v) is 12.1. The lowest BCUT2D eigenvalue weighted by atomic mass is 10.1. The van der Waals surface area contributed by atoms with Crippen molar-refractivity contribution in [2.75, 3.05) is 19.8 Å². The highest BCUT2D eigenvalue weighted by molar-refractivity contribution is 9.10. The molecule has 1 atom stereocenters. The number of hydrogen-bond donors (Lipinski definition) is 1. The molecule has 0 bridgehead atoms. The molecule has 1 fully saturated rings. The van der Waals surface area contributed by atoms with Gasteiger partial charge in [0, 0.05) is 13.0 Å². The molecule has 1 aromatic carbocycles. The molecule has 1 aliphatic heterocycles. The Kier molecular flexibility index (Phi) is 5.47. The van der Waals surface area contributed by atoms with Gasteiger partial charge in [-0.2, -0.15) is 0 Å². The van der Waals surface area contributed by atoms with E-state index in [9.17, 15) is 0 Å². The molecular formula is C14H20BrNO2. The summed E-state index contributed by atoms with van der Waals surface area (Å²) in [6.45, 7) is 2.24. The lowest BCUT2D eigenvalue weighted by molar-refractivity contribution is 0.0901. The maximum absolute atomic E-state index is 5.90. The number of para-hydroxylation sites is 1. The Hall–Kier alpha value is -0.580. The Balaban J connectivity index is 1.90. The van der Waals surface area contributed by atoms with Crippen LogP contribution in [0.5, 0.6) is 5.75 Å². The summed E-state index contributed by atoms with van der Waals surface area (Å²) in [5.74, 6) is 0.931. The van der Waals surface area contributed by atoms with E-state index in [4.69, 9.17) is 15.2 Å². The second-order valence-electron chi connectivity index (χ2n) is 4.54. The molecule has 2 N–H and O–H groups in total. The van der Waals surface area contributed by atoms with Crippen molar-refractivity contribution in [2.45, 2.75) is 31.8 Å². The van der Waals surface area contributed by atoms with Crippen LogP contribution in [0.4, 0.5) is 0 Å². The average Bonchev–Trinajstić information content (AvgIpc) is 2.86. The standard InChI is InChI=1S/C14H20BrNO2/c15-13-5-1-3-11(6-8-16)14(13)18-10-7-12-4-2-9-17-12/h1,3,5,12H,2,4,6-10,16H2. The number of halogens is 1. The number of ether oxygens (including phenoxy) is 2. The third-order valence-electron chi connectivity index (χ3n) is 3.17. The van der Waals surface area contributed by atoms with E-state index in [1.54, 1.807) is 0 Å². The first-order chi connectivity index (χ1) is 8.81. The molecule has 0 aromatic heterocycles. The van der Waals surface area contributed by atoms with Gasteiger partial charge in [-0.15, -0.1) is 0 Å². The maximum Gasteiger partial charge on any atom is 0.136 e. The second-order valence-corrected chi connectivity index (χ2v) is 5.39. The van der Waals surface area contributed by atoms with E-state index in [1.165, 1.54) is 12.0 Å². The second kappa shape index (κ2) is 7.12. The lowest BCUT2D eigenvalue weighted by Crippen LogP contribution is -2.12. The normalized spacial score (nSPS) is 19.1. The quantitative estimate of drug-likeness (QED) is 0.878. The number of hydrogen-bond acceptors (Lipinski definition) is 3. The SMILES string of the molecule is NCCc1cccc(Br)c1OCCC1CCCO1. The van der Waals surface area contributed by atoms with Crippen LogP contribution < -0.4 is 10.5 Å². The van der Waals surface area contributed by atoms with Gasteiger partial charge in [0.2, 0.25) is 0 Å². The summed E-state index contributed by atoms with van der Waals surface area (Å²) < 4.78 is 12.5. The Morgan fingerprint density at radius 1 is 1.44 bits per heavy atom. The summed E-state index contributed by atoms with van der Waals surface area (Å²) >= 11 is 3.53. The molecule has 1 saturated heterocycles. The Bertz CT molecular complexity index is 378. The fourth-order valence-electron chi connectivity index (χ4n) is 2.23. The lowest BCUT2D eigenvalue weighted by Gasteiger charge is -2.14. The molecule has 2 rings (SSSR count). The van der Waals surface area contributed by atoms with Crippen LogP contribution in [0.2, 0.25) is 0 Å². The fourth-order valence-corrected chi connectivity index (χ4v) is 2.75. The molecule has 0 saturated carbocycles. The van der Waals surface area contributed by atoms with Gasteiger partial charge in [-0.25, -0.2) is 0 Å². The van der Waals surface area contributed by atoms with Gasteiger partial charge < -0.3 is 15.2 Å². The number of nitrogens with two attached hydrogens (primary N) is 1. The predicted molar refractivity (Wildman–Crippen MR) is 76.0 cm³/mol. The Morgan fingerprint density at radius 2 is 2.33 bits per heavy atom. The minimum Gasteiger partial charge on any atom is -0.492 e. The number of benzene rings is 1. The molecule has 0 spiro atoms. The van der Waals surface area contributed by atoms with Crippen molar-refractivity contribution in [1.29, 1.82) is 0 Å². The van der Waals surface area contributed by atoms with Gasteiger partial charge in [0.25, 0.3) is 0 Å². The number of rotatable bonds is 6. The van der Waals surface area contributed by atoms with E-state index < -0.39 is 0 Å². The summed E-state index contributed by atoms with van der Waals surface area (Å²) in [7, 11) is 0. The average molecular weight is 314 g/mol. The molecule has 18 heavy (non-hydrogen) atoms. The highest BCUT2D eigenvalue weighted by atomic mass is 79.9. The molecule has 0 amide bonds. The van der Waals surface area contributed by atoms with Gasteiger partial charge in [-0.05, 0) is 53.4 Å². The van der Waals surface area contributed by atoms with Gasteiger partial charge in [0.05, 0.1) is 17.2 Å². The van der Waals surface area contributed by atoms with Crippen LogP contribution in [0.3, 0.4) is 0 Å². The van der Waals surface area contributed by atoms with Crippen LogP contribution in [0.1, 0.15) is 24.8 Å². The first-order valence-electron chi connectivity index (χ1n) is 6.53. The van der Waals surface area contributed by atoms with E-state index in [1.807, 2.05) is 12.1 Å². The van der Waals surface area contributed by atoms with Crippen LogP contribution in [0, 0.1) is 0 Å². The van der Waals surface area contributed by atoms with Crippen molar-refractivity contribution < 1.29 is 9.47 Å². The molecule has 1 aromatic rings. The smallest absolute Gasteiger partial charge is 0.136 e. The van der Waals surface area contributed by atoms with E-state index in [0.29, 0.717) is 19.3 Å². The summed E-state index contributed by atoms with van der Waals surface area (Å²) in [6.07, 6.45) is 4.52. The molecule has 4 heteroatoms. The molecule has 0 radical (unpaired) electrons. The van der Waals surface area contributed by atoms with Gasteiger partial charge in [-0.1, -0.05) is 12.1 Å². The fraction of sp³-hybridized carbons (Fsp3) is 0.571. The first kappa shape index (κ1) is 13.8. The van der Waals surface area contributed by atoms with Gasteiger partial charge >= 0.3 is 0 Å². The van der Waals surface area contributed by atoms with Crippen molar-refractivity contribution in [3.05, 3.63) is 28.2 Å². The van der Waals surface area contributed by atoms with Crippen molar-refractivity contribution in [2.24, 2.45) is 5.73 Å². The molecule has 1 unspecified atom stereocenters. The summed E-state index contributed by atoms with van der Waals surface area (Å²) in [6, 6.07) is 6.09. The molecular weight excluding hydrogens is 294 g/mol. The summed E-state index contributed by atoms with van der Waals surface area (Å²) in [4.78, 5) is 0. The van der Waals surface area contributed by atoms with Crippen molar-refractivity contribution >= 4 is 15.9 Å². The predicted octanol–water partition coefficient (Wildman–Crippen LogP) is 2.90. The molecule has 3 nitrogen and oxygen atoms in total. The maximum atomic E-state index is 5.90. The van der Waals surface area contributed by atoms with Crippen molar-refractivity contribution in [3.8, 4) is 5.75 Å². The van der Waals surface area contributed by atoms with Crippen LogP contribution in [0.25, 0.3) is 0 Å². The van der Waals surface area contributed by atoms with E-state index >= 15 is 0 Å². The topological polar surface area (TPSA) is 44.5 Å². The largest absolute Gasteiger partial charge is 0.492 e. The zero-order valence-electron chi connectivity index (χ0n) is 10.5. The van der Waals surface area contributed by atoms with Gasteiger partial charge in [0.15, 0.2) is 0 Å². The highest BCUT2D eigenvalue weighted by Crippen LogP contribution is 2.29. The monoisotopic (exact) mass is 313 g/mol. The molecule has 1 heterocycles. The highest BCUT2D eigenvalue weighted by Gasteiger charge is 2.16. The van der Waals surface area contributed by atoms with Crippen molar-refractivity contribution in [1.82, 2.24) is 0 Å². The van der Waals surface area contributed by atoms with Crippen LogP contribution in [-0.4, -0.2) is 25.9 Å². The zero-order chi connectivity index (χ0) is 12.8. The van der Waals surface area contributed by atoms with Crippen LogP contribution in [0.15, 0.2) is 22.7 Å². The van der Waals surface area contributed by atoms with Gasteiger partial charge in [-0.3, -0.25) is 0 Å². The third kappa shape index (κ3) is 3.70. The third-order valence-corrected chi connectivity index (χ3v) is 3.80. The summed E-state index contributed by atoms with van der Waals surface area (Å²) in [5.41, 5.74) is 6.78. The van der Waals surface area contributed by atoms with Crippen molar-refractivity contribution in [3.63, 3.8) is 0 Å². The Labute approximate surface area is 117 Å². The minimum atomic E-state index is 0.380. The minimum absolute atomic E-state index is 0.380. The molecule has 1 aliphatic rings.